The lowest BCUT2D eigenvalue weighted by atomic mass is 9.92. The van der Waals surface area contributed by atoms with Crippen molar-refractivity contribution in [3.8, 4) is 0 Å². The van der Waals surface area contributed by atoms with Crippen LogP contribution in [0, 0.1) is 21.0 Å². The Balaban J connectivity index is 1.48. The maximum absolute atomic E-state index is 14.6. The van der Waals surface area contributed by atoms with E-state index in [1.165, 1.54) is 17.0 Å². The number of hydrogen-bond donors (Lipinski definition) is 3. The Bertz CT molecular complexity index is 1200. The van der Waals surface area contributed by atoms with Crippen molar-refractivity contribution in [3.05, 3.63) is 86.2 Å². The average Bonchev–Trinajstić information content (AvgIpc) is 2.76. The van der Waals surface area contributed by atoms with Gasteiger partial charge in [0.05, 0.1) is 30.0 Å². The molecule has 1 fully saturated rings. The number of β-amino-alcohol motifs (C(OH)–C–C–N with tert-alkyl or cyclic N) is 1. The van der Waals surface area contributed by atoms with Gasteiger partial charge in [0.25, 0.3) is 5.91 Å². The van der Waals surface area contributed by atoms with Crippen LogP contribution in [0.3, 0.4) is 0 Å². The second-order valence-electron chi connectivity index (χ2n) is 7.78. The van der Waals surface area contributed by atoms with E-state index in [-0.39, 0.29) is 30.9 Å². The quantitative estimate of drug-likeness (QED) is 0.338. The number of hydrogen-bond acceptors (Lipinski definition) is 4. The molecule has 0 bridgehead atoms. The number of nitrogens with one attached hydrogen (secondary N) is 2. The molecule has 3 aromatic carbocycles. The molecule has 0 aliphatic carbocycles. The van der Waals surface area contributed by atoms with E-state index >= 15 is 0 Å². The van der Waals surface area contributed by atoms with Crippen LogP contribution in [-0.2, 0) is 0 Å². The van der Waals surface area contributed by atoms with E-state index in [2.05, 4.69) is 10.6 Å². The van der Waals surface area contributed by atoms with Gasteiger partial charge < -0.3 is 20.6 Å². The normalized spacial score (nSPS) is 14.5. The van der Waals surface area contributed by atoms with Crippen LogP contribution in [0.5, 0.6) is 0 Å². The first-order valence-corrected chi connectivity index (χ1v) is 11.3. The van der Waals surface area contributed by atoms with Crippen LogP contribution in [0.25, 0.3) is 0 Å². The number of rotatable bonds is 6. The lowest BCUT2D eigenvalue weighted by Gasteiger charge is -2.46. The summed E-state index contributed by atoms with van der Waals surface area (Å²) in [6.07, 6.45) is 0. The molecule has 0 saturated carbocycles. The Morgan fingerprint density at radius 3 is 2.42 bits per heavy atom. The van der Waals surface area contributed by atoms with E-state index in [9.17, 15) is 23.1 Å². The van der Waals surface area contributed by atoms with Crippen molar-refractivity contribution < 1.29 is 23.1 Å². The highest BCUT2D eigenvalue weighted by atomic mass is 127. The van der Waals surface area contributed by atoms with Gasteiger partial charge in [0.15, 0.2) is 11.6 Å². The molecular weight excluding hydrogens is 570 g/mol. The molecule has 4 rings (SSSR count). The summed E-state index contributed by atoms with van der Waals surface area (Å²) in [5, 5.41) is 16.8. The Labute approximate surface area is 206 Å². The highest BCUT2D eigenvalue weighted by Gasteiger charge is 2.44. The number of halogens is 5. The maximum atomic E-state index is 14.6. The molecule has 0 unspecified atom stereocenters. The summed E-state index contributed by atoms with van der Waals surface area (Å²) < 4.78 is 43.4. The number of anilines is 3. The molecule has 3 N–H and O–H groups in total. The van der Waals surface area contributed by atoms with Crippen LogP contribution in [0.1, 0.15) is 10.4 Å². The van der Waals surface area contributed by atoms with E-state index in [1.807, 2.05) is 22.6 Å². The smallest absolute Gasteiger partial charge is 0.256 e. The fourth-order valence-electron chi connectivity index (χ4n) is 3.50. The third kappa shape index (κ3) is 5.20. The van der Waals surface area contributed by atoms with Crippen molar-refractivity contribution in [2.75, 3.05) is 30.3 Å². The van der Waals surface area contributed by atoms with Gasteiger partial charge in [-0.15, -0.1) is 0 Å². The fraction of sp³-hybridized carbons (Fsp3) is 0.174. The molecule has 5 nitrogen and oxygen atoms in total. The minimum atomic E-state index is -1.29. The number of carbonyl (C=O) groups is 1. The van der Waals surface area contributed by atoms with E-state index in [0.717, 1.165) is 17.8 Å². The predicted molar refractivity (Wildman–Crippen MR) is 130 cm³/mol. The van der Waals surface area contributed by atoms with Gasteiger partial charge in [-0.05, 0) is 77.2 Å². The van der Waals surface area contributed by atoms with Crippen molar-refractivity contribution in [2.24, 2.45) is 0 Å². The first kappa shape index (κ1) is 23.7. The van der Waals surface area contributed by atoms with Gasteiger partial charge in [-0.1, -0.05) is 11.6 Å². The van der Waals surface area contributed by atoms with Crippen LogP contribution in [0.2, 0.25) is 5.02 Å². The number of amides is 1. The van der Waals surface area contributed by atoms with E-state index in [4.69, 9.17) is 11.6 Å². The van der Waals surface area contributed by atoms with E-state index < -0.39 is 34.6 Å². The second-order valence-corrected chi connectivity index (χ2v) is 9.46. The van der Waals surface area contributed by atoms with Gasteiger partial charge >= 0.3 is 0 Å². The SMILES string of the molecule is O=C(c1ccc(F)c(F)c1Nc1ccc(I)cc1F)N1CC(O)(CNc2ccc(Cl)cc2)C1. The molecule has 1 saturated heterocycles. The Morgan fingerprint density at radius 2 is 1.76 bits per heavy atom. The molecule has 0 atom stereocenters. The summed E-state index contributed by atoms with van der Waals surface area (Å²) >= 11 is 7.78. The fourth-order valence-corrected chi connectivity index (χ4v) is 4.08. The molecule has 0 spiro atoms. The standard InChI is InChI=1S/C23H18ClF3IN3O2/c24-13-1-4-15(5-2-13)29-10-23(33)11-31(12-23)22(32)16-6-7-17(25)20(27)21(16)30-19-8-3-14(28)9-18(19)26/h1-9,29-30,33H,10-12H2. The van der Waals surface area contributed by atoms with Gasteiger partial charge in [0.1, 0.15) is 11.4 Å². The van der Waals surface area contributed by atoms with Gasteiger partial charge in [-0.2, -0.15) is 0 Å². The predicted octanol–water partition coefficient (Wildman–Crippen LogP) is 5.40. The second kappa shape index (κ2) is 9.40. The minimum absolute atomic E-state index is 0.0112. The third-order valence-corrected chi connectivity index (χ3v) is 6.16. The summed E-state index contributed by atoms with van der Waals surface area (Å²) in [5.41, 5.74) is -1.16. The highest BCUT2D eigenvalue weighted by molar-refractivity contribution is 14.1. The zero-order valence-corrected chi connectivity index (χ0v) is 19.9. The minimum Gasteiger partial charge on any atom is -0.384 e. The number of nitrogens with zero attached hydrogens (tertiary/aromatic N) is 1. The van der Waals surface area contributed by atoms with Gasteiger partial charge in [-0.3, -0.25) is 4.79 Å². The van der Waals surface area contributed by atoms with Crippen molar-refractivity contribution >= 4 is 57.2 Å². The lowest BCUT2D eigenvalue weighted by Crippen LogP contribution is -2.66. The summed E-state index contributed by atoms with van der Waals surface area (Å²) in [4.78, 5) is 14.3. The number of likely N-dealkylation sites (tertiary alicyclic amines) is 1. The largest absolute Gasteiger partial charge is 0.384 e. The van der Waals surface area contributed by atoms with Crippen molar-refractivity contribution in [2.45, 2.75) is 5.60 Å². The van der Waals surface area contributed by atoms with Crippen molar-refractivity contribution in [1.29, 1.82) is 0 Å². The molecule has 10 heteroatoms. The summed E-state index contributed by atoms with van der Waals surface area (Å²) in [6.45, 7) is 0.153. The Kier molecular flexibility index (Phi) is 6.73. The zero-order valence-electron chi connectivity index (χ0n) is 17.0. The summed E-state index contributed by atoms with van der Waals surface area (Å²) in [6, 6.07) is 13.1. The monoisotopic (exact) mass is 587 g/mol. The summed E-state index contributed by atoms with van der Waals surface area (Å²) in [7, 11) is 0. The van der Waals surface area contributed by atoms with Gasteiger partial charge in [-0.25, -0.2) is 13.2 Å². The Hall–Kier alpha value is -2.50. The molecule has 172 valence electrons. The van der Waals surface area contributed by atoms with Gasteiger partial charge in [0.2, 0.25) is 0 Å². The molecule has 1 aliphatic rings. The molecule has 33 heavy (non-hydrogen) atoms. The van der Waals surface area contributed by atoms with Crippen LogP contribution in [-0.4, -0.2) is 41.1 Å². The van der Waals surface area contributed by atoms with Crippen molar-refractivity contribution in [1.82, 2.24) is 4.90 Å². The molecular formula is C23H18ClF3IN3O2. The number of aliphatic hydroxyl groups is 1. The lowest BCUT2D eigenvalue weighted by molar-refractivity contribution is -0.0706. The summed E-state index contributed by atoms with van der Waals surface area (Å²) in [5.74, 6) is -3.75. The zero-order chi connectivity index (χ0) is 23.8. The van der Waals surface area contributed by atoms with E-state index in [0.29, 0.717) is 8.59 Å². The van der Waals surface area contributed by atoms with Crippen molar-refractivity contribution in [3.63, 3.8) is 0 Å². The average molecular weight is 588 g/mol. The molecule has 1 heterocycles. The number of carbonyl (C=O) groups excluding carboxylic acids is 1. The highest BCUT2D eigenvalue weighted by Crippen LogP contribution is 2.32. The topological polar surface area (TPSA) is 64.6 Å². The third-order valence-electron chi connectivity index (χ3n) is 5.24. The van der Waals surface area contributed by atoms with Crippen LogP contribution < -0.4 is 10.6 Å². The molecule has 1 aliphatic heterocycles. The molecule has 0 aromatic heterocycles. The van der Waals surface area contributed by atoms with Gasteiger partial charge in [0, 0.05) is 20.8 Å². The first-order valence-electron chi connectivity index (χ1n) is 9.86. The Morgan fingerprint density at radius 1 is 1.06 bits per heavy atom. The number of benzene rings is 3. The van der Waals surface area contributed by atoms with E-state index in [1.54, 1.807) is 30.3 Å². The van der Waals surface area contributed by atoms with Crippen LogP contribution in [0.4, 0.5) is 30.2 Å². The maximum Gasteiger partial charge on any atom is 0.256 e. The van der Waals surface area contributed by atoms with Crippen LogP contribution in [0.15, 0.2) is 54.6 Å². The molecule has 1 amide bonds. The first-order chi connectivity index (χ1) is 15.6. The van der Waals surface area contributed by atoms with Crippen LogP contribution >= 0.6 is 34.2 Å². The molecule has 0 radical (unpaired) electrons. The molecule has 3 aromatic rings.